The second-order valence-corrected chi connectivity index (χ2v) is 5.83. The predicted molar refractivity (Wildman–Crippen MR) is 92.0 cm³/mol. The Morgan fingerprint density at radius 1 is 1.12 bits per heavy atom. The van der Waals surface area contributed by atoms with E-state index >= 15 is 0 Å². The average Bonchev–Trinajstić information content (AvgIpc) is 2.56. The van der Waals surface area contributed by atoms with Gasteiger partial charge in [-0.25, -0.2) is 9.36 Å². The van der Waals surface area contributed by atoms with Gasteiger partial charge in [-0.2, -0.15) is 5.10 Å². The van der Waals surface area contributed by atoms with Crippen molar-refractivity contribution in [1.82, 2.24) is 14.6 Å². The molecule has 2 N–H and O–H groups in total. The first-order chi connectivity index (χ1) is 11.6. The molecule has 0 saturated carbocycles. The standard InChI is InChI=1S/C17H20N4O3/c1-12(19-20-10-6-3-7-11-20)14-15(22)18-17(24)21(16(14)23)13-8-4-2-5-9-13/h2,4-5,8-9,23H,3,6-7,10-11H2,1H3,(H,18,22,24)/b19-12+. The Labute approximate surface area is 138 Å². The fraction of sp³-hybridized carbons (Fsp3) is 0.353. The fourth-order valence-electron chi connectivity index (χ4n) is 2.91. The number of rotatable bonds is 3. The molecule has 0 amide bonds. The Hall–Kier alpha value is -2.83. The second kappa shape index (κ2) is 6.74. The smallest absolute Gasteiger partial charge is 0.335 e. The molecule has 0 radical (unpaired) electrons. The summed E-state index contributed by atoms with van der Waals surface area (Å²) in [6.45, 7) is 3.32. The maximum Gasteiger partial charge on any atom is 0.335 e. The van der Waals surface area contributed by atoms with Crippen molar-refractivity contribution in [2.24, 2.45) is 5.10 Å². The molecule has 126 valence electrons. The molecule has 1 aromatic carbocycles. The number of H-pyrrole nitrogens is 1. The van der Waals surface area contributed by atoms with Gasteiger partial charge in [0.05, 0.1) is 11.4 Å². The number of para-hydroxylation sites is 1. The van der Waals surface area contributed by atoms with E-state index in [-0.39, 0.29) is 5.56 Å². The predicted octanol–water partition coefficient (Wildman–Crippen LogP) is 1.44. The van der Waals surface area contributed by atoms with Crippen LogP contribution < -0.4 is 11.2 Å². The van der Waals surface area contributed by atoms with E-state index in [1.807, 2.05) is 5.01 Å². The quantitative estimate of drug-likeness (QED) is 0.834. The van der Waals surface area contributed by atoms with Crippen LogP contribution in [0.3, 0.4) is 0 Å². The number of nitrogens with zero attached hydrogens (tertiary/aromatic N) is 3. The third kappa shape index (κ3) is 3.10. The monoisotopic (exact) mass is 328 g/mol. The van der Waals surface area contributed by atoms with E-state index in [0.717, 1.165) is 30.5 Å². The highest BCUT2D eigenvalue weighted by Crippen LogP contribution is 2.18. The highest BCUT2D eigenvalue weighted by molar-refractivity contribution is 6.00. The fourth-order valence-corrected chi connectivity index (χ4v) is 2.91. The number of benzene rings is 1. The molecule has 0 atom stereocenters. The van der Waals surface area contributed by atoms with E-state index in [1.165, 1.54) is 6.42 Å². The summed E-state index contributed by atoms with van der Waals surface area (Å²) in [7, 11) is 0. The molecular formula is C17H20N4O3. The number of aromatic hydroxyl groups is 1. The van der Waals surface area contributed by atoms with Crippen molar-refractivity contribution in [3.05, 3.63) is 56.7 Å². The summed E-state index contributed by atoms with van der Waals surface area (Å²) in [5.41, 5.74) is -0.436. The maximum absolute atomic E-state index is 12.2. The van der Waals surface area contributed by atoms with Crippen LogP contribution in [0.1, 0.15) is 31.7 Å². The Kier molecular flexibility index (Phi) is 4.50. The Morgan fingerprint density at radius 3 is 2.46 bits per heavy atom. The van der Waals surface area contributed by atoms with Crippen LogP contribution >= 0.6 is 0 Å². The van der Waals surface area contributed by atoms with Crippen molar-refractivity contribution >= 4 is 5.71 Å². The van der Waals surface area contributed by atoms with Crippen molar-refractivity contribution in [2.75, 3.05) is 13.1 Å². The first-order valence-electron chi connectivity index (χ1n) is 8.02. The van der Waals surface area contributed by atoms with Gasteiger partial charge >= 0.3 is 5.69 Å². The summed E-state index contributed by atoms with van der Waals surface area (Å²) in [5, 5.41) is 16.9. The summed E-state index contributed by atoms with van der Waals surface area (Å²) in [5.74, 6) is -0.395. The number of aromatic amines is 1. The van der Waals surface area contributed by atoms with Crippen LogP contribution in [0, 0.1) is 0 Å². The molecule has 0 bridgehead atoms. The average molecular weight is 328 g/mol. The Morgan fingerprint density at radius 2 is 1.79 bits per heavy atom. The third-order valence-electron chi connectivity index (χ3n) is 4.09. The number of hydrazone groups is 1. The zero-order chi connectivity index (χ0) is 17.1. The topological polar surface area (TPSA) is 90.7 Å². The Balaban J connectivity index is 2.10. The SMILES string of the molecule is C/C(=N\N1CCCCC1)c1c(O)n(-c2ccccc2)c(=O)[nH]c1=O. The van der Waals surface area contributed by atoms with Crippen LogP contribution in [-0.4, -0.2) is 38.5 Å². The summed E-state index contributed by atoms with van der Waals surface area (Å²) in [6.07, 6.45) is 3.29. The molecule has 1 saturated heterocycles. The van der Waals surface area contributed by atoms with E-state index in [1.54, 1.807) is 37.3 Å². The first-order valence-corrected chi connectivity index (χ1v) is 8.02. The molecule has 1 fully saturated rings. The van der Waals surface area contributed by atoms with Crippen molar-refractivity contribution in [2.45, 2.75) is 26.2 Å². The van der Waals surface area contributed by atoms with Crippen LogP contribution in [0.2, 0.25) is 0 Å². The largest absolute Gasteiger partial charge is 0.493 e. The molecule has 0 aliphatic carbocycles. The maximum atomic E-state index is 12.2. The van der Waals surface area contributed by atoms with Gasteiger partial charge in [-0.3, -0.25) is 14.8 Å². The minimum absolute atomic E-state index is 0.0176. The van der Waals surface area contributed by atoms with Crippen LogP contribution in [0.15, 0.2) is 45.0 Å². The van der Waals surface area contributed by atoms with Gasteiger partial charge in [0.25, 0.3) is 5.56 Å². The minimum Gasteiger partial charge on any atom is -0.493 e. The molecule has 7 heteroatoms. The summed E-state index contributed by atoms with van der Waals surface area (Å²) in [4.78, 5) is 26.6. The number of hydrogen-bond donors (Lipinski definition) is 2. The van der Waals surface area contributed by atoms with Crippen LogP contribution in [0.25, 0.3) is 5.69 Å². The van der Waals surface area contributed by atoms with Crippen molar-refractivity contribution in [3.8, 4) is 11.6 Å². The van der Waals surface area contributed by atoms with Gasteiger partial charge in [0, 0.05) is 13.1 Å². The molecule has 1 aliphatic heterocycles. The highest BCUT2D eigenvalue weighted by atomic mass is 16.3. The Bertz CT molecular complexity index is 862. The molecule has 1 aliphatic rings. The van der Waals surface area contributed by atoms with E-state index in [2.05, 4.69) is 10.1 Å². The van der Waals surface area contributed by atoms with Crippen LogP contribution in [0.5, 0.6) is 5.88 Å². The lowest BCUT2D eigenvalue weighted by molar-refractivity contribution is 0.239. The number of aromatic nitrogens is 2. The van der Waals surface area contributed by atoms with Gasteiger partial charge in [0.1, 0.15) is 5.56 Å². The zero-order valence-corrected chi connectivity index (χ0v) is 13.5. The molecule has 0 spiro atoms. The highest BCUT2D eigenvalue weighted by Gasteiger charge is 2.19. The molecule has 0 unspecified atom stereocenters. The van der Waals surface area contributed by atoms with Gasteiger partial charge in [0.15, 0.2) is 0 Å². The molecule has 1 aromatic heterocycles. The molecule has 24 heavy (non-hydrogen) atoms. The molecule has 2 aromatic rings. The van der Waals surface area contributed by atoms with Crippen LogP contribution in [-0.2, 0) is 0 Å². The summed E-state index contributed by atoms with van der Waals surface area (Å²) in [6, 6.07) is 8.67. The zero-order valence-electron chi connectivity index (χ0n) is 13.5. The van der Waals surface area contributed by atoms with Gasteiger partial charge in [-0.1, -0.05) is 18.2 Å². The number of hydrogen-bond acceptors (Lipinski definition) is 5. The molecular weight excluding hydrogens is 308 g/mol. The van der Waals surface area contributed by atoms with E-state index in [4.69, 9.17) is 0 Å². The van der Waals surface area contributed by atoms with Gasteiger partial charge in [-0.15, -0.1) is 0 Å². The second-order valence-electron chi connectivity index (χ2n) is 5.83. The summed E-state index contributed by atoms with van der Waals surface area (Å²) < 4.78 is 1.08. The van der Waals surface area contributed by atoms with Crippen molar-refractivity contribution < 1.29 is 5.11 Å². The molecule has 3 rings (SSSR count). The molecule has 2 heterocycles. The lowest BCUT2D eigenvalue weighted by atomic mass is 10.1. The van der Waals surface area contributed by atoms with Crippen LogP contribution in [0.4, 0.5) is 0 Å². The lowest BCUT2D eigenvalue weighted by Gasteiger charge is -2.24. The van der Waals surface area contributed by atoms with Gasteiger partial charge < -0.3 is 5.11 Å². The minimum atomic E-state index is -0.682. The van der Waals surface area contributed by atoms with E-state index in [0.29, 0.717) is 11.4 Å². The van der Waals surface area contributed by atoms with E-state index in [9.17, 15) is 14.7 Å². The third-order valence-corrected chi connectivity index (χ3v) is 4.09. The number of nitrogens with one attached hydrogen (secondary N) is 1. The number of piperidine rings is 1. The molecule has 7 nitrogen and oxygen atoms in total. The van der Waals surface area contributed by atoms with Crippen molar-refractivity contribution in [3.63, 3.8) is 0 Å². The summed E-state index contributed by atoms with van der Waals surface area (Å²) >= 11 is 0. The first kappa shape index (κ1) is 16.0. The van der Waals surface area contributed by atoms with Gasteiger partial charge in [0.2, 0.25) is 5.88 Å². The van der Waals surface area contributed by atoms with Gasteiger partial charge in [-0.05, 0) is 38.3 Å². The van der Waals surface area contributed by atoms with Crippen molar-refractivity contribution in [1.29, 1.82) is 0 Å². The lowest BCUT2D eigenvalue weighted by Crippen LogP contribution is -2.33. The normalized spacial score (nSPS) is 15.5. The van der Waals surface area contributed by atoms with E-state index < -0.39 is 17.1 Å².